The fourth-order valence-electron chi connectivity index (χ4n) is 2.13. The summed E-state index contributed by atoms with van der Waals surface area (Å²) >= 11 is 0. The zero-order valence-corrected chi connectivity index (χ0v) is 13.7. The van der Waals surface area contributed by atoms with Crippen molar-refractivity contribution in [1.82, 2.24) is 10.2 Å². The first-order valence-electron chi connectivity index (χ1n) is 7.65. The molecule has 126 valence electrons. The van der Waals surface area contributed by atoms with Crippen LogP contribution in [0.5, 0.6) is 5.75 Å². The summed E-state index contributed by atoms with van der Waals surface area (Å²) in [6.07, 6.45) is 2.86. The molecule has 0 bridgehead atoms. The molecule has 1 N–H and O–H groups in total. The summed E-state index contributed by atoms with van der Waals surface area (Å²) in [5.41, 5.74) is 0.488. The van der Waals surface area contributed by atoms with E-state index >= 15 is 0 Å². The molecule has 1 aromatic carbocycles. The first-order valence-corrected chi connectivity index (χ1v) is 7.65. The van der Waals surface area contributed by atoms with Crippen LogP contribution in [-0.4, -0.2) is 35.9 Å². The van der Waals surface area contributed by atoms with E-state index in [1.54, 1.807) is 18.2 Å². The number of ether oxygens (including phenoxy) is 1. The first kappa shape index (κ1) is 17.5. The summed E-state index contributed by atoms with van der Waals surface area (Å²) in [5.74, 6) is -0.455. The quantitative estimate of drug-likeness (QED) is 0.494. The number of hydrogen-bond acceptors (Lipinski definition) is 4. The van der Waals surface area contributed by atoms with Gasteiger partial charge in [0.05, 0.1) is 6.61 Å². The van der Waals surface area contributed by atoms with Gasteiger partial charge in [0.2, 0.25) is 0 Å². The number of carbonyl (C=O) groups is 3. The minimum absolute atomic E-state index is 0.0286. The van der Waals surface area contributed by atoms with Gasteiger partial charge in [0.15, 0.2) is 0 Å². The van der Waals surface area contributed by atoms with Crippen LogP contribution in [0.4, 0.5) is 4.79 Å². The molecular weight excluding hydrogens is 308 g/mol. The highest BCUT2D eigenvalue weighted by atomic mass is 16.5. The molecule has 2 rings (SSSR count). The van der Waals surface area contributed by atoms with Gasteiger partial charge in [-0.2, -0.15) is 0 Å². The molecule has 0 unspecified atom stereocenters. The number of nitrogens with zero attached hydrogens (tertiary/aromatic N) is 1. The molecule has 0 aliphatic carbocycles. The maximum absolute atomic E-state index is 12.4. The number of benzene rings is 1. The average molecular weight is 328 g/mol. The van der Waals surface area contributed by atoms with Gasteiger partial charge in [0, 0.05) is 12.1 Å². The van der Waals surface area contributed by atoms with Crippen molar-refractivity contribution in [3.63, 3.8) is 0 Å². The maximum atomic E-state index is 12.4. The molecular formula is C18H20N2O4. The highest BCUT2D eigenvalue weighted by molar-refractivity contribution is 6.31. The lowest BCUT2D eigenvalue weighted by atomic mass is 10.1. The summed E-state index contributed by atoms with van der Waals surface area (Å²) in [6.45, 7) is 8.10. The van der Waals surface area contributed by atoms with Crippen molar-refractivity contribution >= 4 is 23.9 Å². The Labute approximate surface area is 140 Å². The van der Waals surface area contributed by atoms with Gasteiger partial charge in [-0.3, -0.25) is 19.8 Å². The Morgan fingerprint density at radius 1 is 1.25 bits per heavy atom. The van der Waals surface area contributed by atoms with Gasteiger partial charge in [0.1, 0.15) is 11.3 Å². The largest absolute Gasteiger partial charge is 0.493 e. The molecule has 0 atom stereocenters. The summed E-state index contributed by atoms with van der Waals surface area (Å²) in [6, 6.07) is 6.37. The fraction of sp³-hybridized carbons (Fsp3) is 0.278. The molecule has 1 heterocycles. The molecule has 1 aliphatic rings. The second-order valence-electron chi connectivity index (χ2n) is 5.76. The van der Waals surface area contributed by atoms with Crippen molar-refractivity contribution in [2.24, 2.45) is 5.92 Å². The molecule has 6 nitrogen and oxygen atoms in total. The topological polar surface area (TPSA) is 75.7 Å². The van der Waals surface area contributed by atoms with Crippen LogP contribution in [0.3, 0.4) is 0 Å². The molecule has 1 aromatic rings. The Morgan fingerprint density at radius 3 is 2.62 bits per heavy atom. The zero-order chi connectivity index (χ0) is 17.7. The smallest absolute Gasteiger partial charge is 0.331 e. The van der Waals surface area contributed by atoms with Crippen molar-refractivity contribution in [3.8, 4) is 5.75 Å². The third-order valence-corrected chi connectivity index (χ3v) is 3.29. The standard InChI is InChI=1S/C18H20N2O4/c1-4-9-20-17(22)14(16(21)19-18(20)23)10-13-7-5-6-8-15(13)24-11-12(2)3/h4-8,10,12H,1,9,11H2,2-3H3,(H,19,21,23)/b14-10-. The van der Waals surface area contributed by atoms with Crippen molar-refractivity contribution < 1.29 is 19.1 Å². The van der Waals surface area contributed by atoms with Crippen LogP contribution in [0, 0.1) is 5.92 Å². The van der Waals surface area contributed by atoms with Crippen molar-refractivity contribution in [2.75, 3.05) is 13.2 Å². The van der Waals surface area contributed by atoms with Crippen LogP contribution in [0.15, 0.2) is 42.5 Å². The van der Waals surface area contributed by atoms with Gasteiger partial charge in [-0.05, 0) is 18.1 Å². The molecule has 1 saturated heterocycles. The number of hydrogen-bond donors (Lipinski definition) is 1. The second-order valence-corrected chi connectivity index (χ2v) is 5.76. The van der Waals surface area contributed by atoms with Crippen LogP contribution < -0.4 is 10.1 Å². The molecule has 1 aliphatic heterocycles. The van der Waals surface area contributed by atoms with Crippen LogP contribution in [0.2, 0.25) is 0 Å². The Bertz CT molecular complexity index is 707. The van der Waals surface area contributed by atoms with Crippen LogP contribution in [0.25, 0.3) is 6.08 Å². The number of nitrogens with one attached hydrogen (secondary N) is 1. The summed E-state index contributed by atoms with van der Waals surface area (Å²) in [7, 11) is 0. The van der Waals surface area contributed by atoms with Gasteiger partial charge in [-0.1, -0.05) is 38.1 Å². The summed E-state index contributed by atoms with van der Waals surface area (Å²) < 4.78 is 5.72. The highest BCUT2D eigenvalue weighted by Gasteiger charge is 2.35. The van der Waals surface area contributed by atoms with E-state index < -0.39 is 17.8 Å². The number of barbiturate groups is 1. The van der Waals surface area contributed by atoms with Gasteiger partial charge in [-0.25, -0.2) is 4.79 Å². The van der Waals surface area contributed by atoms with Gasteiger partial charge in [-0.15, -0.1) is 6.58 Å². The van der Waals surface area contributed by atoms with Crippen LogP contribution in [0.1, 0.15) is 19.4 Å². The van der Waals surface area contributed by atoms with E-state index in [-0.39, 0.29) is 12.1 Å². The Kier molecular flexibility index (Phi) is 5.52. The monoisotopic (exact) mass is 328 g/mol. The molecule has 24 heavy (non-hydrogen) atoms. The van der Waals surface area contributed by atoms with Crippen LogP contribution >= 0.6 is 0 Å². The number of imide groups is 2. The number of rotatable bonds is 6. The lowest BCUT2D eigenvalue weighted by Crippen LogP contribution is -2.54. The Balaban J connectivity index is 2.35. The van der Waals surface area contributed by atoms with Crippen molar-refractivity contribution in [2.45, 2.75) is 13.8 Å². The van der Waals surface area contributed by atoms with Gasteiger partial charge < -0.3 is 4.74 Å². The van der Waals surface area contributed by atoms with E-state index in [1.165, 1.54) is 12.2 Å². The lowest BCUT2D eigenvalue weighted by molar-refractivity contribution is -0.129. The highest BCUT2D eigenvalue weighted by Crippen LogP contribution is 2.23. The van der Waals surface area contributed by atoms with E-state index in [1.807, 2.05) is 19.9 Å². The molecule has 0 radical (unpaired) electrons. The predicted octanol–water partition coefficient (Wildman–Crippen LogP) is 2.37. The predicted molar refractivity (Wildman–Crippen MR) is 90.2 cm³/mol. The maximum Gasteiger partial charge on any atom is 0.331 e. The van der Waals surface area contributed by atoms with Gasteiger partial charge >= 0.3 is 6.03 Å². The van der Waals surface area contributed by atoms with E-state index in [9.17, 15) is 14.4 Å². The molecule has 4 amide bonds. The third kappa shape index (κ3) is 3.90. The Morgan fingerprint density at radius 2 is 1.96 bits per heavy atom. The molecule has 0 saturated carbocycles. The lowest BCUT2D eigenvalue weighted by Gasteiger charge is -2.25. The number of carbonyl (C=O) groups excluding carboxylic acids is 3. The minimum atomic E-state index is -0.744. The molecule has 0 spiro atoms. The van der Waals surface area contributed by atoms with Crippen molar-refractivity contribution in [1.29, 1.82) is 0 Å². The fourth-order valence-corrected chi connectivity index (χ4v) is 2.13. The number of urea groups is 1. The van der Waals surface area contributed by atoms with E-state index in [2.05, 4.69) is 11.9 Å². The normalized spacial score (nSPS) is 16.5. The Hall–Kier alpha value is -2.89. The molecule has 1 fully saturated rings. The van der Waals surface area contributed by atoms with Crippen LogP contribution in [-0.2, 0) is 9.59 Å². The number of amides is 4. The van der Waals surface area contributed by atoms with Crippen molar-refractivity contribution in [3.05, 3.63) is 48.1 Å². The third-order valence-electron chi connectivity index (χ3n) is 3.29. The molecule has 0 aromatic heterocycles. The summed E-state index contributed by atoms with van der Waals surface area (Å²) in [4.78, 5) is 37.1. The van der Waals surface area contributed by atoms with E-state index in [0.717, 1.165) is 4.90 Å². The second kappa shape index (κ2) is 7.59. The molecule has 6 heteroatoms. The summed E-state index contributed by atoms with van der Waals surface area (Å²) in [5, 5.41) is 2.15. The zero-order valence-electron chi connectivity index (χ0n) is 13.7. The number of para-hydroxylation sites is 1. The van der Waals surface area contributed by atoms with Gasteiger partial charge in [0.25, 0.3) is 11.8 Å². The minimum Gasteiger partial charge on any atom is -0.493 e. The SMILES string of the molecule is C=CCN1C(=O)NC(=O)/C(=C/c2ccccc2OCC(C)C)C1=O. The van der Waals surface area contributed by atoms with E-state index in [0.29, 0.717) is 23.8 Å². The first-order chi connectivity index (χ1) is 11.4. The van der Waals surface area contributed by atoms with E-state index in [4.69, 9.17) is 4.74 Å². The average Bonchev–Trinajstić information content (AvgIpc) is 2.54.